The molecule has 0 aliphatic heterocycles. The third-order valence-corrected chi connectivity index (χ3v) is 3.65. The van der Waals surface area contributed by atoms with Crippen LogP contribution < -0.4 is 10.5 Å². The summed E-state index contributed by atoms with van der Waals surface area (Å²) in [6.07, 6.45) is 4.59. The van der Waals surface area contributed by atoms with E-state index in [0.717, 1.165) is 23.7 Å². The van der Waals surface area contributed by atoms with Gasteiger partial charge in [0.25, 0.3) is 0 Å². The Kier molecular flexibility index (Phi) is 3.41. The maximum absolute atomic E-state index is 8.93. The van der Waals surface area contributed by atoms with Gasteiger partial charge in [-0.1, -0.05) is 23.4 Å². The minimum atomic E-state index is 0.0243. The summed E-state index contributed by atoms with van der Waals surface area (Å²) in [6.45, 7) is 0. The third-order valence-electron chi connectivity index (χ3n) is 3.65. The minimum absolute atomic E-state index is 0.0243. The molecule has 1 heterocycles. The SMILES string of the molecule is NC(=NO)c1cc2ccccc2nc1OC1CCCC1. The first-order valence-corrected chi connectivity index (χ1v) is 6.82. The van der Waals surface area contributed by atoms with Crippen LogP contribution in [0, 0.1) is 0 Å². The Bertz CT molecular complexity index is 649. The average molecular weight is 271 g/mol. The van der Waals surface area contributed by atoms with Gasteiger partial charge in [-0.05, 0) is 37.8 Å². The summed E-state index contributed by atoms with van der Waals surface area (Å²) in [5.41, 5.74) is 7.12. The van der Waals surface area contributed by atoms with Crippen LogP contribution in [0.1, 0.15) is 31.2 Å². The van der Waals surface area contributed by atoms with E-state index in [1.54, 1.807) is 0 Å². The summed E-state index contributed by atoms with van der Waals surface area (Å²) in [7, 11) is 0. The number of para-hydroxylation sites is 1. The van der Waals surface area contributed by atoms with Crippen molar-refractivity contribution in [2.45, 2.75) is 31.8 Å². The maximum atomic E-state index is 8.93. The highest BCUT2D eigenvalue weighted by Gasteiger charge is 2.20. The van der Waals surface area contributed by atoms with Crippen LogP contribution >= 0.6 is 0 Å². The Morgan fingerprint density at radius 1 is 1.30 bits per heavy atom. The molecule has 1 saturated carbocycles. The van der Waals surface area contributed by atoms with Gasteiger partial charge in [-0.2, -0.15) is 0 Å². The van der Waals surface area contributed by atoms with Gasteiger partial charge in [0, 0.05) is 5.39 Å². The van der Waals surface area contributed by atoms with Crippen LogP contribution in [-0.2, 0) is 0 Å². The van der Waals surface area contributed by atoms with Crippen molar-refractivity contribution in [3.63, 3.8) is 0 Å². The molecule has 0 atom stereocenters. The lowest BCUT2D eigenvalue weighted by molar-refractivity contribution is 0.201. The average Bonchev–Trinajstić information content (AvgIpc) is 2.98. The van der Waals surface area contributed by atoms with Gasteiger partial charge in [0.2, 0.25) is 5.88 Å². The Balaban J connectivity index is 2.06. The third kappa shape index (κ3) is 2.39. The molecule has 1 aromatic carbocycles. The van der Waals surface area contributed by atoms with Crippen LogP contribution in [0.3, 0.4) is 0 Å². The Labute approximate surface area is 117 Å². The van der Waals surface area contributed by atoms with Crippen molar-refractivity contribution < 1.29 is 9.94 Å². The topological polar surface area (TPSA) is 80.7 Å². The number of hydrogen-bond donors (Lipinski definition) is 2. The Hall–Kier alpha value is -2.30. The van der Waals surface area contributed by atoms with Crippen molar-refractivity contribution in [2.24, 2.45) is 10.9 Å². The number of hydrogen-bond acceptors (Lipinski definition) is 4. The zero-order valence-electron chi connectivity index (χ0n) is 11.1. The number of fused-ring (bicyclic) bond motifs is 1. The number of pyridine rings is 1. The van der Waals surface area contributed by atoms with Crippen LogP contribution in [0.4, 0.5) is 0 Å². The molecule has 0 amide bonds. The molecule has 0 saturated heterocycles. The van der Waals surface area contributed by atoms with Crippen molar-refractivity contribution in [2.75, 3.05) is 0 Å². The molecule has 1 aliphatic rings. The van der Waals surface area contributed by atoms with Gasteiger partial charge in [0.05, 0.1) is 11.1 Å². The van der Waals surface area contributed by atoms with Crippen molar-refractivity contribution >= 4 is 16.7 Å². The minimum Gasteiger partial charge on any atom is -0.474 e. The largest absolute Gasteiger partial charge is 0.474 e. The predicted molar refractivity (Wildman–Crippen MR) is 77.1 cm³/mol. The zero-order chi connectivity index (χ0) is 13.9. The first-order valence-electron chi connectivity index (χ1n) is 6.82. The molecule has 0 bridgehead atoms. The van der Waals surface area contributed by atoms with Crippen LogP contribution in [-0.4, -0.2) is 22.1 Å². The predicted octanol–water partition coefficient (Wildman–Crippen LogP) is 2.65. The van der Waals surface area contributed by atoms with E-state index in [9.17, 15) is 0 Å². The lowest BCUT2D eigenvalue weighted by Crippen LogP contribution is -2.19. The highest BCUT2D eigenvalue weighted by molar-refractivity contribution is 6.02. The second-order valence-corrected chi connectivity index (χ2v) is 5.04. The second-order valence-electron chi connectivity index (χ2n) is 5.04. The molecule has 3 N–H and O–H groups in total. The molecule has 2 aromatic rings. The molecule has 1 aliphatic carbocycles. The number of nitrogens with zero attached hydrogens (tertiary/aromatic N) is 2. The zero-order valence-corrected chi connectivity index (χ0v) is 11.1. The van der Waals surface area contributed by atoms with Gasteiger partial charge in [-0.15, -0.1) is 0 Å². The fraction of sp³-hybridized carbons (Fsp3) is 0.333. The lowest BCUT2D eigenvalue weighted by atomic mass is 10.1. The number of oxime groups is 1. The van der Waals surface area contributed by atoms with E-state index in [2.05, 4.69) is 10.1 Å². The van der Waals surface area contributed by atoms with E-state index in [1.165, 1.54) is 12.8 Å². The number of amidine groups is 1. The highest BCUT2D eigenvalue weighted by atomic mass is 16.5. The van der Waals surface area contributed by atoms with E-state index >= 15 is 0 Å². The summed E-state index contributed by atoms with van der Waals surface area (Å²) < 4.78 is 5.95. The molecule has 0 unspecified atom stereocenters. The summed E-state index contributed by atoms with van der Waals surface area (Å²) in [5.74, 6) is 0.474. The Morgan fingerprint density at radius 2 is 2.05 bits per heavy atom. The first kappa shape index (κ1) is 12.7. The lowest BCUT2D eigenvalue weighted by Gasteiger charge is -2.15. The van der Waals surface area contributed by atoms with Gasteiger partial charge in [0.15, 0.2) is 5.84 Å². The smallest absolute Gasteiger partial charge is 0.225 e. The van der Waals surface area contributed by atoms with Gasteiger partial charge in [0.1, 0.15) is 6.10 Å². The molecule has 1 aromatic heterocycles. The molecule has 0 radical (unpaired) electrons. The highest BCUT2D eigenvalue weighted by Crippen LogP contribution is 2.27. The van der Waals surface area contributed by atoms with Crippen LogP contribution in [0.2, 0.25) is 0 Å². The number of benzene rings is 1. The number of aromatic nitrogens is 1. The Morgan fingerprint density at radius 3 is 2.80 bits per heavy atom. The van der Waals surface area contributed by atoms with Gasteiger partial charge in [-0.25, -0.2) is 4.98 Å². The monoisotopic (exact) mass is 271 g/mol. The summed E-state index contributed by atoms with van der Waals surface area (Å²) in [6, 6.07) is 9.57. The number of rotatable bonds is 3. The normalized spacial score (nSPS) is 16.7. The summed E-state index contributed by atoms with van der Waals surface area (Å²) in [5, 5.41) is 12.9. The van der Waals surface area contributed by atoms with Crippen LogP contribution in [0.15, 0.2) is 35.5 Å². The van der Waals surface area contributed by atoms with E-state index in [0.29, 0.717) is 11.4 Å². The van der Waals surface area contributed by atoms with Crippen LogP contribution in [0.25, 0.3) is 10.9 Å². The maximum Gasteiger partial charge on any atom is 0.225 e. The number of nitrogens with two attached hydrogens (primary N) is 1. The van der Waals surface area contributed by atoms with Gasteiger partial charge < -0.3 is 15.7 Å². The molecule has 104 valence electrons. The van der Waals surface area contributed by atoms with E-state index in [4.69, 9.17) is 15.7 Å². The van der Waals surface area contributed by atoms with Crippen LogP contribution in [0.5, 0.6) is 5.88 Å². The van der Waals surface area contributed by atoms with Gasteiger partial charge >= 0.3 is 0 Å². The molecular formula is C15H17N3O2. The van der Waals surface area contributed by atoms with Crippen molar-refractivity contribution in [3.8, 4) is 5.88 Å². The van der Waals surface area contributed by atoms with E-state index in [-0.39, 0.29) is 11.9 Å². The van der Waals surface area contributed by atoms with Crippen molar-refractivity contribution in [1.29, 1.82) is 0 Å². The first-order chi connectivity index (χ1) is 9.78. The molecule has 0 spiro atoms. The van der Waals surface area contributed by atoms with E-state index in [1.807, 2.05) is 30.3 Å². The molecule has 1 fully saturated rings. The quantitative estimate of drug-likeness (QED) is 0.389. The standard InChI is InChI=1S/C15H17N3O2/c16-14(18-19)12-9-10-5-1-4-8-13(10)17-15(12)20-11-6-2-3-7-11/h1,4-5,8-9,11,19H,2-3,6-7H2,(H2,16,18). The number of ether oxygens (including phenoxy) is 1. The fourth-order valence-electron chi connectivity index (χ4n) is 2.59. The van der Waals surface area contributed by atoms with E-state index < -0.39 is 0 Å². The molecule has 5 nitrogen and oxygen atoms in total. The summed E-state index contributed by atoms with van der Waals surface area (Å²) in [4.78, 5) is 4.51. The molecule has 20 heavy (non-hydrogen) atoms. The fourth-order valence-corrected chi connectivity index (χ4v) is 2.59. The van der Waals surface area contributed by atoms with Gasteiger partial charge in [-0.3, -0.25) is 0 Å². The molecule has 5 heteroatoms. The second kappa shape index (κ2) is 5.36. The molecule has 3 rings (SSSR count). The molecular weight excluding hydrogens is 254 g/mol. The summed E-state index contributed by atoms with van der Waals surface area (Å²) >= 11 is 0. The van der Waals surface area contributed by atoms with Crippen molar-refractivity contribution in [1.82, 2.24) is 4.98 Å². The van der Waals surface area contributed by atoms with Crippen molar-refractivity contribution in [3.05, 3.63) is 35.9 Å².